The lowest BCUT2D eigenvalue weighted by molar-refractivity contribution is 0.0693. The molecule has 1 aromatic carbocycles. The first kappa shape index (κ1) is 15.7. The Morgan fingerprint density at radius 1 is 1.23 bits per heavy atom. The van der Waals surface area contributed by atoms with Crippen molar-refractivity contribution in [2.24, 2.45) is 5.92 Å². The minimum atomic E-state index is -1.42. The fourth-order valence-corrected chi connectivity index (χ4v) is 2.09. The minimum absolute atomic E-state index is 0.0820. The number of aromatic nitrogens is 2. The Morgan fingerprint density at radius 2 is 1.82 bits per heavy atom. The summed E-state index contributed by atoms with van der Waals surface area (Å²) in [5, 5.41) is 9.14. The first-order valence-electron chi connectivity index (χ1n) is 6.67. The lowest BCUT2D eigenvalue weighted by Gasteiger charge is -2.13. The van der Waals surface area contributed by atoms with Gasteiger partial charge in [0.2, 0.25) is 0 Å². The summed E-state index contributed by atoms with van der Waals surface area (Å²) in [6.07, 6.45) is 1.05. The highest BCUT2D eigenvalue weighted by Crippen LogP contribution is 2.06. The molecule has 116 valence electrons. The van der Waals surface area contributed by atoms with Crippen LogP contribution in [0.1, 0.15) is 24.2 Å². The molecule has 0 atom stereocenters. The van der Waals surface area contributed by atoms with Gasteiger partial charge in [-0.25, -0.2) is 18.5 Å². The van der Waals surface area contributed by atoms with E-state index in [4.69, 9.17) is 5.11 Å². The molecule has 6 nitrogen and oxygen atoms in total. The van der Waals surface area contributed by atoms with Crippen LogP contribution in [0.2, 0.25) is 0 Å². The molecule has 22 heavy (non-hydrogen) atoms. The first-order valence-corrected chi connectivity index (χ1v) is 6.67. The maximum Gasteiger partial charge on any atom is 0.342 e. The highest BCUT2D eigenvalue weighted by atomic mass is 19.1. The molecule has 0 radical (unpaired) electrons. The molecular formula is C15H15FN2O4. The molecule has 0 bridgehead atoms. The molecule has 7 heteroatoms. The molecule has 0 fully saturated rings. The summed E-state index contributed by atoms with van der Waals surface area (Å²) in [6.45, 7) is 3.99. The van der Waals surface area contributed by atoms with Crippen LogP contribution in [0.5, 0.6) is 0 Å². The van der Waals surface area contributed by atoms with E-state index in [0.717, 1.165) is 22.9 Å². The van der Waals surface area contributed by atoms with Crippen LogP contribution in [-0.2, 0) is 6.54 Å². The molecule has 2 aromatic rings. The van der Waals surface area contributed by atoms with Crippen LogP contribution in [0.15, 0.2) is 40.1 Å². The van der Waals surface area contributed by atoms with Gasteiger partial charge in [-0.1, -0.05) is 13.8 Å². The van der Waals surface area contributed by atoms with Crippen molar-refractivity contribution >= 4 is 5.97 Å². The van der Waals surface area contributed by atoms with Gasteiger partial charge in [0.05, 0.1) is 5.69 Å². The van der Waals surface area contributed by atoms with Crippen molar-refractivity contribution in [3.05, 3.63) is 62.7 Å². The molecule has 0 spiro atoms. The van der Waals surface area contributed by atoms with E-state index in [-0.39, 0.29) is 18.2 Å². The Kier molecular flexibility index (Phi) is 4.25. The van der Waals surface area contributed by atoms with Crippen molar-refractivity contribution < 1.29 is 14.3 Å². The van der Waals surface area contributed by atoms with E-state index >= 15 is 0 Å². The van der Waals surface area contributed by atoms with Gasteiger partial charge in [-0.05, 0) is 30.2 Å². The smallest absolute Gasteiger partial charge is 0.342 e. The van der Waals surface area contributed by atoms with E-state index in [0.29, 0.717) is 0 Å². The number of rotatable bonds is 4. The summed E-state index contributed by atoms with van der Waals surface area (Å²) in [4.78, 5) is 35.9. The molecule has 1 N–H and O–H groups in total. The Morgan fingerprint density at radius 3 is 2.32 bits per heavy atom. The van der Waals surface area contributed by atoms with Crippen molar-refractivity contribution in [2.45, 2.75) is 20.4 Å². The fraction of sp³-hybridized carbons (Fsp3) is 0.267. The first-order chi connectivity index (χ1) is 10.3. The van der Waals surface area contributed by atoms with Crippen molar-refractivity contribution in [1.29, 1.82) is 0 Å². The summed E-state index contributed by atoms with van der Waals surface area (Å²) < 4.78 is 14.9. The van der Waals surface area contributed by atoms with E-state index in [1.807, 2.05) is 13.8 Å². The third-order valence-electron chi connectivity index (χ3n) is 3.03. The van der Waals surface area contributed by atoms with Crippen LogP contribution in [0.3, 0.4) is 0 Å². The zero-order valence-electron chi connectivity index (χ0n) is 12.1. The van der Waals surface area contributed by atoms with Gasteiger partial charge in [-0.2, -0.15) is 0 Å². The molecule has 2 rings (SSSR count). The number of nitrogens with zero attached hydrogens (tertiary/aromatic N) is 2. The van der Waals surface area contributed by atoms with E-state index in [9.17, 15) is 18.8 Å². The minimum Gasteiger partial charge on any atom is -0.477 e. The van der Waals surface area contributed by atoms with Crippen LogP contribution in [0.25, 0.3) is 5.69 Å². The second-order valence-electron chi connectivity index (χ2n) is 5.29. The SMILES string of the molecule is CC(C)Cn1cc(C(=O)O)c(=O)n(-c2ccc(F)cc2)c1=O. The average Bonchev–Trinajstić information content (AvgIpc) is 2.43. The second kappa shape index (κ2) is 5.97. The van der Waals surface area contributed by atoms with E-state index < -0.39 is 28.6 Å². The Balaban J connectivity index is 2.78. The Hall–Kier alpha value is -2.70. The van der Waals surface area contributed by atoms with Gasteiger partial charge in [-0.3, -0.25) is 9.36 Å². The highest BCUT2D eigenvalue weighted by molar-refractivity contribution is 5.86. The zero-order chi connectivity index (χ0) is 16.4. The monoisotopic (exact) mass is 306 g/mol. The van der Waals surface area contributed by atoms with E-state index in [1.54, 1.807) is 0 Å². The molecule has 1 aromatic heterocycles. The maximum absolute atomic E-state index is 13.0. The number of carbonyl (C=O) groups is 1. The maximum atomic E-state index is 13.0. The fourth-order valence-electron chi connectivity index (χ4n) is 2.09. The molecule has 0 saturated heterocycles. The largest absolute Gasteiger partial charge is 0.477 e. The predicted molar refractivity (Wildman–Crippen MR) is 78.1 cm³/mol. The van der Waals surface area contributed by atoms with Crippen LogP contribution < -0.4 is 11.2 Å². The van der Waals surface area contributed by atoms with E-state index in [1.165, 1.54) is 16.7 Å². The summed E-state index contributed by atoms with van der Waals surface area (Å²) >= 11 is 0. The summed E-state index contributed by atoms with van der Waals surface area (Å²) in [5.74, 6) is -1.86. The van der Waals surface area contributed by atoms with Gasteiger partial charge in [0.15, 0.2) is 0 Å². The molecule has 0 aliphatic heterocycles. The standard InChI is InChI=1S/C15H15FN2O4/c1-9(2)7-17-8-12(14(20)21)13(19)18(15(17)22)11-5-3-10(16)4-6-11/h3-6,8-9H,7H2,1-2H3,(H,20,21). The third kappa shape index (κ3) is 2.98. The molecule has 0 aliphatic carbocycles. The van der Waals surface area contributed by atoms with Gasteiger partial charge in [0, 0.05) is 12.7 Å². The summed E-state index contributed by atoms with van der Waals surface area (Å²) in [5.41, 5.74) is -1.99. The number of carboxylic acids is 1. The molecule has 0 unspecified atom stereocenters. The third-order valence-corrected chi connectivity index (χ3v) is 3.03. The number of halogens is 1. The van der Waals surface area contributed by atoms with Gasteiger partial charge in [-0.15, -0.1) is 0 Å². The van der Waals surface area contributed by atoms with Crippen LogP contribution in [0, 0.1) is 11.7 Å². The summed E-state index contributed by atoms with van der Waals surface area (Å²) in [7, 11) is 0. The lowest BCUT2D eigenvalue weighted by atomic mass is 10.2. The average molecular weight is 306 g/mol. The van der Waals surface area contributed by atoms with Gasteiger partial charge in [0.25, 0.3) is 5.56 Å². The van der Waals surface area contributed by atoms with Gasteiger partial charge in [0.1, 0.15) is 11.4 Å². The molecule has 0 saturated carbocycles. The number of hydrogen-bond acceptors (Lipinski definition) is 3. The van der Waals surface area contributed by atoms with Crippen molar-refractivity contribution in [3.8, 4) is 5.69 Å². The molecule has 0 aliphatic rings. The van der Waals surface area contributed by atoms with Gasteiger partial charge >= 0.3 is 11.7 Å². The lowest BCUT2D eigenvalue weighted by Crippen LogP contribution is -2.41. The highest BCUT2D eigenvalue weighted by Gasteiger charge is 2.18. The van der Waals surface area contributed by atoms with E-state index in [2.05, 4.69) is 0 Å². The Bertz CT molecular complexity index is 819. The number of benzene rings is 1. The van der Waals surface area contributed by atoms with Crippen molar-refractivity contribution in [1.82, 2.24) is 9.13 Å². The molecule has 0 amide bonds. The normalized spacial score (nSPS) is 10.9. The number of aromatic carboxylic acids is 1. The quantitative estimate of drug-likeness (QED) is 0.928. The van der Waals surface area contributed by atoms with Crippen LogP contribution in [-0.4, -0.2) is 20.2 Å². The van der Waals surface area contributed by atoms with Gasteiger partial charge < -0.3 is 5.11 Å². The number of carboxylic acid groups (broad SMARTS) is 1. The zero-order valence-corrected chi connectivity index (χ0v) is 12.1. The van der Waals surface area contributed by atoms with Crippen LogP contribution in [0.4, 0.5) is 4.39 Å². The Labute approximate surface area is 125 Å². The molecule has 1 heterocycles. The second-order valence-corrected chi connectivity index (χ2v) is 5.29. The number of hydrogen-bond donors (Lipinski definition) is 1. The van der Waals surface area contributed by atoms with Crippen molar-refractivity contribution in [3.63, 3.8) is 0 Å². The van der Waals surface area contributed by atoms with Crippen molar-refractivity contribution in [2.75, 3.05) is 0 Å². The topological polar surface area (TPSA) is 81.3 Å². The van der Waals surface area contributed by atoms with Crippen LogP contribution >= 0.6 is 0 Å². The predicted octanol–water partition coefficient (Wildman–Crippen LogP) is 1.49. The molecular weight excluding hydrogens is 291 g/mol. The summed E-state index contributed by atoms with van der Waals surface area (Å²) in [6, 6.07) is 4.70.